The Labute approximate surface area is 261 Å². The van der Waals surface area contributed by atoms with Crippen LogP contribution in [0.2, 0.25) is 28.2 Å². The highest BCUT2D eigenvalue weighted by Gasteiger charge is 2.39. The third kappa shape index (κ3) is 10.0. The molecule has 2 atom stereocenters. The highest BCUT2D eigenvalue weighted by molar-refractivity contribution is 6.74. The molecule has 42 heavy (non-hydrogen) atoms. The van der Waals surface area contributed by atoms with Gasteiger partial charge in [-0.25, -0.2) is 0 Å². The first-order valence-electron chi connectivity index (χ1n) is 14.4. The Bertz CT molecular complexity index is 1320. The molecule has 0 saturated heterocycles. The molecule has 3 rings (SSSR count). The number of phenols is 2. The SMILES string of the molecule is C[C@H](Cc1cccc(CCC(=O)NCc2c(Cl)cccc2Cl)c1)NC[C@H](O[Si](C)(C)C(C)(C)C)c1cc(O)cc(O)c1. The highest BCUT2D eigenvalue weighted by atomic mass is 35.5. The molecule has 228 valence electrons. The number of rotatable bonds is 13. The van der Waals surface area contributed by atoms with Gasteiger partial charge in [-0.2, -0.15) is 0 Å². The minimum Gasteiger partial charge on any atom is -0.508 e. The highest BCUT2D eigenvalue weighted by Crippen LogP contribution is 2.40. The summed E-state index contributed by atoms with van der Waals surface area (Å²) in [6, 6.07) is 18.4. The number of aromatic hydroxyl groups is 2. The molecule has 0 radical (unpaired) electrons. The van der Waals surface area contributed by atoms with Crippen molar-refractivity contribution in [1.82, 2.24) is 10.6 Å². The number of carbonyl (C=O) groups excluding carboxylic acids is 1. The van der Waals surface area contributed by atoms with Crippen molar-refractivity contribution >= 4 is 37.4 Å². The summed E-state index contributed by atoms with van der Waals surface area (Å²) < 4.78 is 6.74. The summed E-state index contributed by atoms with van der Waals surface area (Å²) in [5, 5.41) is 27.8. The molecule has 9 heteroatoms. The van der Waals surface area contributed by atoms with Gasteiger partial charge in [-0.1, -0.05) is 74.3 Å². The fraction of sp³-hybridized carbons (Fsp3) is 0.424. The number of phenolic OH excluding ortho intramolecular Hbond substituents is 2. The van der Waals surface area contributed by atoms with Crippen molar-refractivity contribution < 1.29 is 19.4 Å². The first-order chi connectivity index (χ1) is 19.6. The fourth-order valence-corrected chi connectivity index (χ4v) is 6.26. The predicted octanol–water partition coefficient (Wildman–Crippen LogP) is 7.94. The van der Waals surface area contributed by atoms with Crippen molar-refractivity contribution in [2.45, 2.75) is 83.8 Å². The summed E-state index contributed by atoms with van der Waals surface area (Å²) in [4.78, 5) is 12.5. The number of hydrogen-bond acceptors (Lipinski definition) is 5. The number of aryl methyl sites for hydroxylation is 1. The number of amides is 1. The van der Waals surface area contributed by atoms with E-state index in [-0.39, 0.29) is 34.6 Å². The lowest BCUT2D eigenvalue weighted by atomic mass is 10.0. The van der Waals surface area contributed by atoms with Gasteiger partial charge >= 0.3 is 0 Å². The number of halogens is 2. The lowest BCUT2D eigenvalue weighted by Gasteiger charge is -2.39. The van der Waals surface area contributed by atoms with Gasteiger partial charge in [0.1, 0.15) is 11.5 Å². The van der Waals surface area contributed by atoms with E-state index >= 15 is 0 Å². The molecular formula is C33H44Cl2N2O4Si. The second kappa shape index (κ2) is 14.8. The molecular weight excluding hydrogens is 587 g/mol. The van der Waals surface area contributed by atoms with Gasteiger partial charge in [0.05, 0.1) is 6.10 Å². The molecule has 0 aliphatic carbocycles. The molecule has 0 aliphatic heterocycles. The number of carbonyl (C=O) groups is 1. The Hall–Kier alpha value is -2.55. The zero-order chi connectivity index (χ0) is 31.1. The van der Waals surface area contributed by atoms with Crippen molar-refractivity contribution in [2.24, 2.45) is 0 Å². The minimum atomic E-state index is -2.14. The molecule has 3 aromatic rings. The van der Waals surface area contributed by atoms with E-state index < -0.39 is 8.32 Å². The average Bonchev–Trinajstić information content (AvgIpc) is 2.88. The first kappa shape index (κ1) is 33.9. The van der Waals surface area contributed by atoms with Crippen LogP contribution >= 0.6 is 23.2 Å². The Morgan fingerprint density at radius 3 is 2.17 bits per heavy atom. The Morgan fingerprint density at radius 1 is 0.952 bits per heavy atom. The molecule has 0 saturated carbocycles. The van der Waals surface area contributed by atoms with Crippen molar-refractivity contribution in [3.8, 4) is 11.5 Å². The van der Waals surface area contributed by atoms with E-state index in [1.165, 1.54) is 11.6 Å². The van der Waals surface area contributed by atoms with Crippen LogP contribution in [0, 0.1) is 0 Å². The molecule has 0 aromatic heterocycles. The predicted molar refractivity (Wildman–Crippen MR) is 175 cm³/mol. The Morgan fingerprint density at radius 2 is 1.55 bits per heavy atom. The lowest BCUT2D eigenvalue weighted by Crippen LogP contribution is -2.44. The normalized spacial score (nSPS) is 13.5. The maximum absolute atomic E-state index is 12.5. The van der Waals surface area contributed by atoms with Gasteiger partial charge in [0.15, 0.2) is 8.32 Å². The molecule has 0 fully saturated rings. The summed E-state index contributed by atoms with van der Waals surface area (Å²) >= 11 is 12.4. The second-order valence-corrected chi connectivity index (χ2v) is 18.0. The van der Waals surface area contributed by atoms with E-state index in [1.54, 1.807) is 30.3 Å². The summed E-state index contributed by atoms with van der Waals surface area (Å²) in [6.45, 7) is 13.9. The largest absolute Gasteiger partial charge is 0.508 e. The van der Waals surface area contributed by atoms with Crippen LogP contribution in [0.15, 0.2) is 60.7 Å². The van der Waals surface area contributed by atoms with Gasteiger partial charge in [0.25, 0.3) is 0 Å². The van der Waals surface area contributed by atoms with Crippen molar-refractivity contribution in [3.05, 3.63) is 93.0 Å². The lowest BCUT2D eigenvalue weighted by molar-refractivity contribution is -0.121. The molecule has 1 amide bonds. The monoisotopic (exact) mass is 630 g/mol. The summed E-state index contributed by atoms with van der Waals surface area (Å²) in [6.07, 6.45) is 1.46. The Kier molecular flexibility index (Phi) is 11.9. The van der Waals surface area contributed by atoms with E-state index in [0.29, 0.717) is 36.0 Å². The molecule has 0 bridgehead atoms. The van der Waals surface area contributed by atoms with Crippen LogP contribution < -0.4 is 10.6 Å². The number of nitrogens with one attached hydrogen (secondary N) is 2. The smallest absolute Gasteiger partial charge is 0.220 e. The molecule has 0 unspecified atom stereocenters. The molecule has 0 spiro atoms. The topological polar surface area (TPSA) is 90.8 Å². The van der Waals surface area contributed by atoms with Crippen molar-refractivity contribution in [3.63, 3.8) is 0 Å². The summed E-state index contributed by atoms with van der Waals surface area (Å²) in [7, 11) is -2.14. The quantitative estimate of drug-likeness (QED) is 0.144. The zero-order valence-corrected chi connectivity index (χ0v) is 27.9. The molecule has 6 nitrogen and oxygen atoms in total. The van der Waals surface area contributed by atoms with E-state index in [9.17, 15) is 15.0 Å². The van der Waals surface area contributed by atoms with Gasteiger partial charge in [0.2, 0.25) is 5.91 Å². The van der Waals surface area contributed by atoms with Crippen LogP contribution in [-0.2, 0) is 28.6 Å². The van der Waals surface area contributed by atoms with Crippen molar-refractivity contribution in [1.29, 1.82) is 0 Å². The van der Waals surface area contributed by atoms with Gasteiger partial charge in [-0.15, -0.1) is 0 Å². The van der Waals surface area contributed by atoms with Gasteiger partial charge in [-0.3, -0.25) is 4.79 Å². The van der Waals surface area contributed by atoms with E-state index in [1.807, 2.05) is 12.1 Å². The van der Waals surface area contributed by atoms with Crippen molar-refractivity contribution in [2.75, 3.05) is 6.54 Å². The van der Waals surface area contributed by atoms with Crippen LogP contribution in [0.25, 0.3) is 0 Å². The third-order valence-corrected chi connectivity index (χ3v) is 13.1. The third-order valence-electron chi connectivity index (χ3n) is 7.89. The van der Waals surface area contributed by atoms with E-state index in [0.717, 1.165) is 23.1 Å². The minimum absolute atomic E-state index is 0.00865. The average molecular weight is 632 g/mol. The summed E-state index contributed by atoms with van der Waals surface area (Å²) in [5.41, 5.74) is 3.73. The zero-order valence-electron chi connectivity index (χ0n) is 25.4. The first-order valence-corrected chi connectivity index (χ1v) is 18.0. The van der Waals surface area contributed by atoms with Crippen LogP contribution in [0.3, 0.4) is 0 Å². The molecule has 0 aliphatic rings. The maximum Gasteiger partial charge on any atom is 0.220 e. The molecule has 3 aromatic carbocycles. The summed E-state index contributed by atoms with van der Waals surface area (Å²) in [5.74, 6) is -0.0303. The maximum atomic E-state index is 12.5. The molecule has 0 heterocycles. The standard InChI is InChI=1S/C33H44Cl2N2O4Si/c1-22(36-21-31(41-42(5,6)33(2,3)4)25-17-26(38)19-27(39)18-25)15-24-10-7-9-23(16-24)13-14-32(40)37-20-28-29(34)11-8-12-30(28)35/h7-12,16-19,22,31,36,38-39H,13-15,20-21H2,1-6H3,(H,37,40)/t22-,31+/m1/s1. The Balaban J connectivity index is 1.58. The van der Waals surface area contributed by atoms with E-state index in [2.05, 4.69) is 63.6 Å². The second-order valence-electron chi connectivity index (χ2n) is 12.5. The molecule has 4 N–H and O–H groups in total. The van der Waals surface area contributed by atoms with Crippen LogP contribution in [0.1, 0.15) is 62.5 Å². The van der Waals surface area contributed by atoms with Gasteiger partial charge < -0.3 is 25.3 Å². The van der Waals surface area contributed by atoms with Crippen LogP contribution in [-0.4, -0.2) is 37.0 Å². The van der Waals surface area contributed by atoms with Gasteiger partial charge in [-0.05, 0) is 78.9 Å². The number of hydrogen-bond donors (Lipinski definition) is 4. The fourth-order valence-electron chi connectivity index (χ4n) is 4.44. The number of benzene rings is 3. The van der Waals surface area contributed by atoms with Crippen LogP contribution in [0.4, 0.5) is 0 Å². The van der Waals surface area contributed by atoms with Crippen LogP contribution in [0.5, 0.6) is 11.5 Å². The van der Waals surface area contributed by atoms with E-state index in [4.69, 9.17) is 27.6 Å². The van der Waals surface area contributed by atoms with Gasteiger partial charge in [0, 0.05) is 47.2 Å².